The van der Waals surface area contributed by atoms with E-state index in [0.29, 0.717) is 35.4 Å². The number of hydrogen-bond acceptors (Lipinski definition) is 3. The van der Waals surface area contributed by atoms with Gasteiger partial charge in [-0.1, -0.05) is 18.2 Å². The number of nitrogens with zero attached hydrogens (tertiary/aromatic N) is 3. The largest absolute Gasteiger partial charge is 0.351 e. The smallest absolute Gasteiger partial charge is 0.254 e. The lowest BCUT2D eigenvalue weighted by atomic mass is 10.2. The summed E-state index contributed by atoms with van der Waals surface area (Å²) in [6.45, 7) is 2.41. The van der Waals surface area contributed by atoms with Gasteiger partial charge in [-0.05, 0) is 36.8 Å². The van der Waals surface area contributed by atoms with Crippen LogP contribution in [0.1, 0.15) is 21.7 Å². The van der Waals surface area contributed by atoms with Crippen LogP contribution in [0.3, 0.4) is 0 Å². The van der Waals surface area contributed by atoms with Crippen molar-refractivity contribution in [3.63, 3.8) is 0 Å². The molecular formula is C20H18FN5O. The fourth-order valence-corrected chi connectivity index (χ4v) is 2.94. The molecule has 0 spiro atoms. The molecule has 7 heteroatoms. The van der Waals surface area contributed by atoms with Crippen LogP contribution in [-0.2, 0) is 6.42 Å². The van der Waals surface area contributed by atoms with E-state index in [9.17, 15) is 9.18 Å². The van der Waals surface area contributed by atoms with Crippen molar-refractivity contribution in [2.45, 2.75) is 13.3 Å². The molecule has 6 nitrogen and oxygen atoms in total. The second-order valence-corrected chi connectivity index (χ2v) is 6.31. The zero-order valence-corrected chi connectivity index (χ0v) is 14.7. The van der Waals surface area contributed by atoms with Crippen molar-refractivity contribution >= 4 is 16.9 Å². The zero-order chi connectivity index (χ0) is 18.8. The first-order valence-electron chi connectivity index (χ1n) is 8.63. The SMILES string of the molecule is Cc1ccccc1-n1cc(C(=O)NCCc2nc3ccc(F)cc3[nH]2)cn1. The van der Waals surface area contributed by atoms with Crippen LogP contribution in [0.4, 0.5) is 4.39 Å². The van der Waals surface area contributed by atoms with Gasteiger partial charge in [0.15, 0.2) is 0 Å². The summed E-state index contributed by atoms with van der Waals surface area (Å²) < 4.78 is 14.9. The van der Waals surface area contributed by atoms with Crippen LogP contribution in [-0.4, -0.2) is 32.2 Å². The molecular weight excluding hydrogens is 345 g/mol. The van der Waals surface area contributed by atoms with E-state index in [1.807, 2.05) is 31.2 Å². The third-order valence-corrected chi connectivity index (χ3v) is 4.35. The number of aryl methyl sites for hydroxylation is 1. The molecule has 0 aliphatic rings. The van der Waals surface area contributed by atoms with Gasteiger partial charge in [0.25, 0.3) is 5.91 Å². The van der Waals surface area contributed by atoms with E-state index in [2.05, 4.69) is 20.4 Å². The maximum Gasteiger partial charge on any atom is 0.254 e. The fourth-order valence-electron chi connectivity index (χ4n) is 2.94. The number of benzene rings is 2. The number of para-hydroxylation sites is 1. The Morgan fingerprint density at radius 1 is 1.26 bits per heavy atom. The van der Waals surface area contributed by atoms with E-state index in [1.165, 1.54) is 12.1 Å². The highest BCUT2D eigenvalue weighted by Crippen LogP contribution is 2.14. The van der Waals surface area contributed by atoms with Gasteiger partial charge in [-0.15, -0.1) is 0 Å². The summed E-state index contributed by atoms with van der Waals surface area (Å²) in [6, 6.07) is 12.3. The lowest BCUT2D eigenvalue weighted by molar-refractivity contribution is 0.0954. The highest BCUT2D eigenvalue weighted by atomic mass is 19.1. The summed E-state index contributed by atoms with van der Waals surface area (Å²) >= 11 is 0. The molecule has 4 rings (SSSR count). The Morgan fingerprint density at radius 2 is 2.11 bits per heavy atom. The first-order valence-corrected chi connectivity index (χ1v) is 8.63. The van der Waals surface area contributed by atoms with Crippen LogP contribution in [0.2, 0.25) is 0 Å². The summed E-state index contributed by atoms with van der Waals surface area (Å²) in [4.78, 5) is 19.8. The van der Waals surface area contributed by atoms with E-state index in [0.717, 1.165) is 11.3 Å². The Balaban J connectivity index is 1.38. The van der Waals surface area contributed by atoms with Gasteiger partial charge in [-0.3, -0.25) is 4.79 Å². The second-order valence-electron chi connectivity index (χ2n) is 6.31. The predicted molar refractivity (Wildman–Crippen MR) is 100 cm³/mol. The first-order chi connectivity index (χ1) is 13.1. The van der Waals surface area contributed by atoms with Gasteiger partial charge in [0.05, 0.1) is 28.5 Å². The lowest BCUT2D eigenvalue weighted by Crippen LogP contribution is -2.25. The molecule has 136 valence electrons. The van der Waals surface area contributed by atoms with Crippen LogP contribution in [0.15, 0.2) is 54.9 Å². The molecule has 4 aromatic rings. The van der Waals surface area contributed by atoms with Gasteiger partial charge in [-0.2, -0.15) is 5.10 Å². The van der Waals surface area contributed by atoms with Gasteiger partial charge in [0, 0.05) is 19.2 Å². The molecule has 0 aliphatic heterocycles. The summed E-state index contributed by atoms with van der Waals surface area (Å²) in [5, 5.41) is 7.13. The fraction of sp³-hybridized carbons (Fsp3) is 0.150. The van der Waals surface area contributed by atoms with Crippen molar-refractivity contribution in [2.75, 3.05) is 6.54 Å². The van der Waals surface area contributed by atoms with E-state index in [1.54, 1.807) is 23.1 Å². The van der Waals surface area contributed by atoms with E-state index in [-0.39, 0.29) is 11.7 Å². The number of nitrogens with one attached hydrogen (secondary N) is 2. The number of fused-ring (bicyclic) bond motifs is 1. The third kappa shape index (κ3) is 3.57. The highest BCUT2D eigenvalue weighted by Gasteiger charge is 2.11. The van der Waals surface area contributed by atoms with Gasteiger partial charge in [-0.25, -0.2) is 14.1 Å². The quantitative estimate of drug-likeness (QED) is 0.572. The predicted octanol–water partition coefficient (Wildman–Crippen LogP) is 3.17. The maximum atomic E-state index is 13.2. The van der Waals surface area contributed by atoms with Crippen LogP contribution in [0.5, 0.6) is 0 Å². The van der Waals surface area contributed by atoms with E-state index >= 15 is 0 Å². The van der Waals surface area contributed by atoms with Crippen molar-refractivity contribution in [3.8, 4) is 5.69 Å². The van der Waals surface area contributed by atoms with Crippen LogP contribution in [0, 0.1) is 12.7 Å². The normalized spacial score (nSPS) is 11.0. The molecule has 0 saturated carbocycles. The molecule has 2 aromatic carbocycles. The molecule has 0 unspecified atom stereocenters. The topological polar surface area (TPSA) is 75.6 Å². The van der Waals surface area contributed by atoms with Crippen molar-refractivity contribution in [3.05, 3.63) is 77.6 Å². The van der Waals surface area contributed by atoms with Crippen molar-refractivity contribution in [2.24, 2.45) is 0 Å². The zero-order valence-electron chi connectivity index (χ0n) is 14.7. The number of hydrogen-bond donors (Lipinski definition) is 2. The number of carbonyl (C=O) groups is 1. The number of carbonyl (C=O) groups excluding carboxylic acids is 1. The Kier molecular flexibility index (Phi) is 4.42. The van der Waals surface area contributed by atoms with Gasteiger partial charge < -0.3 is 10.3 Å². The Hall–Kier alpha value is -3.48. The van der Waals surface area contributed by atoms with Crippen molar-refractivity contribution in [1.29, 1.82) is 0 Å². The average Bonchev–Trinajstić information content (AvgIpc) is 3.28. The maximum absolute atomic E-state index is 13.2. The van der Waals surface area contributed by atoms with Crippen molar-refractivity contribution in [1.82, 2.24) is 25.1 Å². The minimum absolute atomic E-state index is 0.197. The minimum Gasteiger partial charge on any atom is -0.351 e. The molecule has 0 fully saturated rings. The Bertz CT molecular complexity index is 1110. The molecule has 0 bridgehead atoms. The summed E-state index contributed by atoms with van der Waals surface area (Å²) in [5.41, 5.74) is 3.86. The van der Waals surface area contributed by atoms with Crippen molar-refractivity contribution < 1.29 is 9.18 Å². The molecule has 0 saturated heterocycles. The second kappa shape index (κ2) is 7.03. The standard InChI is InChI=1S/C20H18FN5O/c1-13-4-2-3-5-18(13)26-12-14(11-23-26)20(27)22-9-8-19-24-16-7-6-15(21)10-17(16)25-19/h2-7,10-12H,8-9H2,1H3,(H,22,27)(H,24,25). The number of imidazole rings is 1. The monoisotopic (exact) mass is 363 g/mol. The highest BCUT2D eigenvalue weighted by molar-refractivity contribution is 5.93. The van der Waals surface area contributed by atoms with Crippen LogP contribution in [0.25, 0.3) is 16.7 Å². The van der Waals surface area contributed by atoms with Gasteiger partial charge in [0.2, 0.25) is 0 Å². The Labute approximate surface area is 155 Å². The van der Waals surface area contributed by atoms with Crippen LogP contribution < -0.4 is 5.32 Å². The van der Waals surface area contributed by atoms with Gasteiger partial charge in [0.1, 0.15) is 11.6 Å². The number of aromatic nitrogens is 4. The molecule has 2 heterocycles. The molecule has 2 N–H and O–H groups in total. The molecule has 1 amide bonds. The van der Waals surface area contributed by atoms with E-state index in [4.69, 9.17) is 0 Å². The average molecular weight is 363 g/mol. The number of rotatable bonds is 5. The number of aromatic amines is 1. The lowest BCUT2D eigenvalue weighted by Gasteiger charge is -2.04. The third-order valence-electron chi connectivity index (χ3n) is 4.35. The summed E-state index contributed by atoms with van der Waals surface area (Å²) in [7, 11) is 0. The summed E-state index contributed by atoms with van der Waals surface area (Å²) in [6.07, 6.45) is 3.78. The number of halogens is 1. The first kappa shape index (κ1) is 17.0. The molecule has 27 heavy (non-hydrogen) atoms. The number of amides is 1. The summed E-state index contributed by atoms with van der Waals surface area (Å²) in [5.74, 6) is 0.195. The van der Waals surface area contributed by atoms with Gasteiger partial charge >= 0.3 is 0 Å². The molecule has 0 radical (unpaired) electrons. The molecule has 0 aliphatic carbocycles. The van der Waals surface area contributed by atoms with Crippen LogP contribution >= 0.6 is 0 Å². The minimum atomic E-state index is -0.309. The molecule has 0 atom stereocenters. The Morgan fingerprint density at radius 3 is 2.96 bits per heavy atom. The molecule has 2 aromatic heterocycles. The van der Waals surface area contributed by atoms with E-state index < -0.39 is 0 Å². The number of H-pyrrole nitrogens is 1.